The van der Waals surface area contributed by atoms with Crippen molar-refractivity contribution in [3.05, 3.63) is 0 Å². The van der Waals surface area contributed by atoms with Crippen molar-refractivity contribution in [1.82, 2.24) is 0 Å². The molecule has 0 nitrogen and oxygen atoms in total. The van der Waals surface area contributed by atoms with Gasteiger partial charge in [0.2, 0.25) is 0 Å². The van der Waals surface area contributed by atoms with E-state index in [9.17, 15) is 0 Å². The summed E-state index contributed by atoms with van der Waals surface area (Å²) in [4.78, 5) is 0.693. The first-order valence-electron chi connectivity index (χ1n) is 3.07. The third-order valence-corrected chi connectivity index (χ3v) is 2.77. The van der Waals surface area contributed by atoms with Gasteiger partial charge in [-0.25, -0.2) is 0 Å². The molecule has 2 heteroatoms. The van der Waals surface area contributed by atoms with Crippen LogP contribution in [0.25, 0.3) is 0 Å². The van der Waals surface area contributed by atoms with Crippen LogP contribution in [0.5, 0.6) is 0 Å². The predicted octanol–water partition coefficient (Wildman–Crippen LogP) is 2.93. The lowest BCUT2D eigenvalue weighted by atomic mass is 10.0. The number of hydrogen-bond acceptors (Lipinski definition) is 0. The highest BCUT2D eigenvalue weighted by Crippen LogP contribution is 2.27. The molecule has 0 amide bonds. The predicted molar refractivity (Wildman–Crippen MR) is 40.8 cm³/mol. The zero-order chi connectivity index (χ0) is 5.98. The largest absolute Gasteiger partial charge is 0.123 e. The lowest BCUT2D eigenvalue weighted by Gasteiger charge is -2.19. The van der Waals surface area contributed by atoms with Crippen LogP contribution < -0.4 is 0 Å². The van der Waals surface area contributed by atoms with Gasteiger partial charge in [-0.3, -0.25) is 0 Å². The highest BCUT2D eigenvalue weighted by atomic mass is 79.9. The summed E-state index contributed by atoms with van der Waals surface area (Å²) >= 11 is 9.43. The number of halogens is 2. The summed E-state index contributed by atoms with van der Waals surface area (Å²) in [5.41, 5.74) is 0. The molecule has 0 radical (unpaired) electrons. The van der Waals surface area contributed by atoms with Gasteiger partial charge < -0.3 is 0 Å². The van der Waals surface area contributed by atoms with Crippen molar-refractivity contribution in [2.45, 2.75) is 35.9 Å². The average molecular weight is 198 g/mol. The van der Waals surface area contributed by atoms with Gasteiger partial charge in [0, 0.05) is 10.2 Å². The van der Waals surface area contributed by atoms with Gasteiger partial charge in [0.25, 0.3) is 0 Å². The summed E-state index contributed by atoms with van der Waals surface area (Å²) in [5, 5.41) is 0.438. The average Bonchev–Trinajstić information content (AvgIpc) is 1.64. The van der Waals surface area contributed by atoms with Gasteiger partial charge in [0.15, 0.2) is 0 Å². The Morgan fingerprint density at radius 2 is 2.12 bits per heavy atom. The fourth-order valence-corrected chi connectivity index (χ4v) is 2.43. The Labute approximate surface area is 63.7 Å². The quantitative estimate of drug-likeness (QED) is 0.524. The summed E-state index contributed by atoms with van der Waals surface area (Å²) in [5.74, 6) is 0. The van der Waals surface area contributed by atoms with E-state index in [-0.39, 0.29) is 0 Å². The van der Waals surface area contributed by atoms with Crippen LogP contribution in [0.2, 0.25) is 0 Å². The van der Waals surface area contributed by atoms with Crippen molar-refractivity contribution in [2.75, 3.05) is 0 Å². The lowest BCUT2D eigenvalue weighted by Crippen LogP contribution is -2.14. The van der Waals surface area contributed by atoms with E-state index in [0.717, 1.165) is 6.42 Å². The van der Waals surface area contributed by atoms with Crippen molar-refractivity contribution in [3.63, 3.8) is 0 Å². The van der Waals surface area contributed by atoms with E-state index in [1.54, 1.807) is 0 Å². The minimum Gasteiger partial charge on any atom is -0.123 e. The summed E-state index contributed by atoms with van der Waals surface area (Å²) in [6.07, 6.45) is 4.97. The van der Waals surface area contributed by atoms with Gasteiger partial charge in [0.1, 0.15) is 0 Å². The monoisotopic (exact) mass is 196 g/mol. The van der Waals surface area contributed by atoms with E-state index in [2.05, 4.69) is 15.9 Å². The molecular weight excluding hydrogens is 187 g/mol. The van der Waals surface area contributed by atoms with Crippen LogP contribution in [0.1, 0.15) is 25.7 Å². The van der Waals surface area contributed by atoms with Gasteiger partial charge in [-0.1, -0.05) is 22.4 Å². The second kappa shape index (κ2) is 3.07. The van der Waals surface area contributed by atoms with Crippen LogP contribution in [0.15, 0.2) is 0 Å². The summed E-state index contributed by atoms with van der Waals surface area (Å²) in [6.45, 7) is 0. The smallest absolute Gasteiger partial charge is 0.0346 e. The first-order valence-corrected chi connectivity index (χ1v) is 4.42. The molecule has 0 N–H and O–H groups in total. The maximum Gasteiger partial charge on any atom is 0.0346 e. The normalized spacial score (nSPS) is 39.8. The fourth-order valence-electron chi connectivity index (χ4n) is 1.07. The Kier molecular flexibility index (Phi) is 2.64. The molecule has 48 valence electrons. The zero-order valence-corrected chi connectivity index (χ0v) is 7.08. The molecule has 1 rings (SSSR count). The first kappa shape index (κ1) is 6.88. The minimum atomic E-state index is 0.438. The Morgan fingerprint density at radius 3 is 2.50 bits per heavy atom. The molecular formula is C6H10BrCl. The molecule has 1 saturated carbocycles. The summed E-state index contributed by atoms with van der Waals surface area (Å²) in [7, 11) is 0. The van der Waals surface area contributed by atoms with Crippen LogP contribution in [-0.2, 0) is 0 Å². The zero-order valence-electron chi connectivity index (χ0n) is 4.74. The standard InChI is InChI=1S/C6H10BrCl/c7-5-2-1-3-6(8)4-5/h5-6H,1-4H2/t5-,6-/m1/s1. The van der Waals surface area contributed by atoms with Crippen LogP contribution in [0, 0.1) is 0 Å². The molecule has 0 heterocycles. The van der Waals surface area contributed by atoms with Gasteiger partial charge >= 0.3 is 0 Å². The van der Waals surface area contributed by atoms with Crippen molar-refractivity contribution in [2.24, 2.45) is 0 Å². The highest BCUT2D eigenvalue weighted by Gasteiger charge is 2.16. The molecule has 0 aliphatic heterocycles. The molecule has 0 bridgehead atoms. The van der Waals surface area contributed by atoms with E-state index in [1.165, 1.54) is 19.3 Å². The minimum absolute atomic E-state index is 0.438. The van der Waals surface area contributed by atoms with Crippen LogP contribution in [0.4, 0.5) is 0 Å². The third kappa shape index (κ3) is 1.94. The van der Waals surface area contributed by atoms with Gasteiger partial charge in [-0.15, -0.1) is 11.6 Å². The highest BCUT2D eigenvalue weighted by molar-refractivity contribution is 9.09. The van der Waals surface area contributed by atoms with E-state index in [0.29, 0.717) is 10.2 Å². The van der Waals surface area contributed by atoms with Gasteiger partial charge in [-0.05, 0) is 19.3 Å². The molecule has 0 aromatic rings. The Hall–Kier alpha value is 0.770. The second-order valence-electron chi connectivity index (χ2n) is 2.36. The maximum absolute atomic E-state index is 5.88. The van der Waals surface area contributed by atoms with E-state index in [1.807, 2.05) is 0 Å². The molecule has 1 aliphatic rings. The van der Waals surface area contributed by atoms with E-state index >= 15 is 0 Å². The number of rotatable bonds is 0. The fraction of sp³-hybridized carbons (Fsp3) is 1.00. The molecule has 1 aliphatic carbocycles. The molecule has 0 saturated heterocycles. The Morgan fingerprint density at radius 1 is 1.38 bits per heavy atom. The number of alkyl halides is 2. The topological polar surface area (TPSA) is 0 Å². The van der Waals surface area contributed by atoms with Crippen molar-refractivity contribution in [3.8, 4) is 0 Å². The maximum atomic E-state index is 5.88. The van der Waals surface area contributed by atoms with Crippen molar-refractivity contribution >= 4 is 27.5 Å². The molecule has 0 aromatic heterocycles. The van der Waals surface area contributed by atoms with Crippen LogP contribution in [0.3, 0.4) is 0 Å². The van der Waals surface area contributed by atoms with E-state index in [4.69, 9.17) is 11.6 Å². The van der Waals surface area contributed by atoms with Gasteiger partial charge in [-0.2, -0.15) is 0 Å². The summed E-state index contributed by atoms with van der Waals surface area (Å²) in [6, 6.07) is 0. The third-order valence-electron chi connectivity index (χ3n) is 1.55. The summed E-state index contributed by atoms with van der Waals surface area (Å²) < 4.78 is 0. The molecule has 8 heavy (non-hydrogen) atoms. The molecule has 2 atom stereocenters. The molecule has 0 aromatic carbocycles. The Balaban J connectivity index is 2.23. The lowest BCUT2D eigenvalue weighted by molar-refractivity contribution is 0.528. The van der Waals surface area contributed by atoms with Crippen molar-refractivity contribution < 1.29 is 0 Å². The van der Waals surface area contributed by atoms with Crippen LogP contribution >= 0.6 is 27.5 Å². The Bertz CT molecular complexity index is 66.9. The SMILES string of the molecule is Cl[C@@H]1CCC[C@@H](Br)C1. The second-order valence-corrected chi connectivity index (χ2v) is 4.27. The van der Waals surface area contributed by atoms with E-state index < -0.39 is 0 Å². The first-order chi connectivity index (χ1) is 3.79. The molecule has 0 unspecified atom stereocenters. The van der Waals surface area contributed by atoms with Gasteiger partial charge in [0.05, 0.1) is 0 Å². The van der Waals surface area contributed by atoms with Crippen molar-refractivity contribution in [1.29, 1.82) is 0 Å². The molecule has 0 spiro atoms. The molecule has 1 fully saturated rings. The number of hydrogen-bond donors (Lipinski definition) is 0. The van der Waals surface area contributed by atoms with Crippen LogP contribution in [-0.4, -0.2) is 10.2 Å².